The van der Waals surface area contributed by atoms with E-state index in [-0.39, 0.29) is 18.6 Å². The van der Waals surface area contributed by atoms with Gasteiger partial charge in [-0.05, 0) is 19.4 Å². The van der Waals surface area contributed by atoms with Gasteiger partial charge < -0.3 is 16.2 Å². The first kappa shape index (κ1) is 13.0. The minimum Gasteiger partial charge on any atom is -0.394 e. The van der Waals surface area contributed by atoms with Gasteiger partial charge in [-0.1, -0.05) is 13.3 Å². The molecule has 0 aliphatic heterocycles. The topological polar surface area (TPSA) is 84.1 Å². The van der Waals surface area contributed by atoms with E-state index in [4.69, 9.17) is 5.73 Å². The molecule has 0 aliphatic rings. The summed E-state index contributed by atoms with van der Waals surface area (Å²) in [5.74, 6) is 0.981. The summed E-state index contributed by atoms with van der Waals surface area (Å²) in [6, 6.07) is 2.05. The third-order valence-electron chi connectivity index (χ3n) is 2.73. The number of fused-ring (bicyclic) bond motifs is 1. The van der Waals surface area contributed by atoms with E-state index in [1.165, 1.54) is 4.88 Å². The maximum absolute atomic E-state index is 9.33. The van der Waals surface area contributed by atoms with E-state index in [1.54, 1.807) is 11.3 Å². The highest BCUT2D eigenvalue weighted by molar-refractivity contribution is 7.18. The summed E-state index contributed by atoms with van der Waals surface area (Å²) in [4.78, 5) is 10.5. The molecule has 6 heteroatoms. The number of aliphatic hydroxyl groups excluding tert-OH is 1. The SMILES string of the molecule is CCC[C@H](CO)Nc1nc(N)nc2sc(C)cc12. The summed E-state index contributed by atoms with van der Waals surface area (Å²) in [6.07, 6.45) is 1.90. The van der Waals surface area contributed by atoms with Crippen LogP contribution >= 0.6 is 11.3 Å². The summed E-state index contributed by atoms with van der Waals surface area (Å²) >= 11 is 1.59. The van der Waals surface area contributed by atoms with E-state index >= 15 is 0 Å². The number of aromatic nitrogens is 2. The number of nitrogens with zero attached hydrogens (tertiary/aromatic N) is 2. The fourth-order valence-corrected chi connectivity index (χ4v) is 2.81. The summed E-state index contributed by atoms with van der Waals surface area (Å²) in [6.45, 7) is 4.20. The molecule has 4 N–H and O–H groups in total. The van der Waals surface area contributed by atoms with Gasteiger partial charge in [0.05, 0.1) is 18.0 Å². The zero-order valence-electron chi connectivity index (χ0n) is 10.6. The quantitative estimate of drug-likeness (QED) is 0.772. The van der Waals surface area contributed by atoms with Crippen LogP contribution in [0.1, 0.15) is 24.6 Å². The second kappa shape index (κ2) is 5.49. The zero-order chi connectivity index (χ0) is 13.1. The average molecular weight is 266 g/mol. The Morgan fingerprint density at radius 3 is 2.94 bits per heavy atom. The van der Waals surface area contributed by atoms with Gasteiger partial charge in [-0.3, -0.25) is 0 Å². The Balaban J connectivity index is 2.36. The zero-order valence-corrected chi connectivity index (χ0v) is 11.4. The predicted molar refractivity (Wildman–Crippen MR) is 76.0 cm³/mol. The van der Waals surface area contributed by atoms with Crippen molar-refractivity contribution in [2.24, 2.45) is 0 Å². The molecular formula is C12H18N4OS. The van der Waals surface area contributed by atoms with Crippen molar-refractivity contribution in [3.05, 3.63) is 10.9 Å². The Kier molecular flexibility index (Phi) is 3.98. The maximum Gasteiger partial charge on any atom is 0.223 e. The molecule has 0 amide bonds. The van der Waals surface area contributed by atoms with Crippen molar-refractivity contribution >= 4 is 33.3 Å². The van der Waals surface area contributed by atoms with Crippen LogP contribution < -0.4 is 11.1 Å². The third kappa shape index (κ3) is 2.70. The number of aliphatic hydroxyl groups is 1. The lowest BCUT2D eigenvalue weighted by molar-refractivity contribution is 0.268. The first-order chi connectivity index (χ1) is 8.63. The number of hydrogen-bond acceptors (Lipinski definition) is 6. The monoisotopic (exact) mass is 266 g/mol. The van der Waals surface area contributed by atoms with E-state index in [2.05, 4.69) is 22.2 Å². The van der Waals surface area contributed by atoms with Crippen LogP contribution in [0.5, 0.6) is 0 Å². The number of nitrogens with one attached hydrogen (secondary N) is 1. The number of rotatable bonds is 5. The highest BCUT2D eigenvalue weighted by Gasteiger charge is 2.13. The van der Waals surface area contributed by atoms with Gasteiger partial charge in [0.25, 0.3) is 0 Å². The molecule has 0 bridgehead atoms. The number of aryl methyl sites for hydroxylation is 1. The number of anilines is 2. The summed E-state index contributed by atoms with van der Waals surface area (Å²) in [7, 11) is 0. The van der Waals surface area contributed by atoms with Crippen molar-refractivity contribution in [1.29, 1.82) is 0 Å². The van der Waals surface area contributed by atoms with Crippen molar-refractivity contribution in [2.75, 3.05) is 17.7 Å². The maximum atomic E-state index is 9.33. The molecule has 2 aromatic rings. The Morgan fingerprint density at radius 1 is 1.50 bits per heavy atom. The Hall–Kier alpha value is -1.40. The molecule has 0 spiro atoms. The molecule has 0 saturated heterocycles. The van der Waals surface area contributed by atoms with Gasteiger partial charge in [-0.25, -0.2) is 4.98 Å². The summed E-state index contributed by atoms with van der Waals surface area (Å²) in [5, 5.41) is 13.6. The molecule has 2 aromatic heterocycles. The lowest BCUT2D eigenvalue weighted by Gasteiger charge is -2.16. The van der Waals surface area contributed by atoms with Crippen LogP contribution in [0.2, 0.25) is 0 Å². The number of nitrogen functional groups attached to an aromatic ring is 1. The van der Waals surface area contributed by atoms with Crippen molar-refractivity contribution in [3.8, 4) is 0 Å². The third-order valence-corrected chi connectivity index (χ3v) is 3.68. The molecule has 0 fully saturated rings. The predicted octanol–water partition coefficient (Wildman–Crippen LogP) is 2.15. The van der Waals surface area contributed by atoms with Crippen LogP contribution in [0.4, 0.5) is 11.8 Å². The Labute approximate surface area is 110 Å². The molecule has 1 atom stereocenters. The van der Waals surface area contributed by atoms with Crippen LogP contribution in [0.15, 0.2) is 6.07 Å². The van der Waals surface area contributed by atoms with Gasteiger partial charge in [-0.15, -0.1) is 11.3 Å². The van der Waals surface area contributed by atoms with Gasteiger partial charge in [0.15, 0.2) is 0 Å². The average Bonchev–Trinajstić information content (AvgIpc) is 2.68. The number of hydrogen-bond donors (Lipinski definition) is 3. The van der Waals surface area contributed by atoms with Gasteiger partial charge in [-0.2, -0.15) is 4.98 Å². The fourth-order valence-electron chi connectivity index (χ4n) is 1.92. The second-order valence-electron chi connectivity index (χ2n) is 4.32. The van der Waals surface area contributed by atoms with Crippen molar-refractivity contribution in [2.45, 2.75) is 32.7 Å². The molecule has 5 nitrogen and oxygen atoms in total. The Morgan fingerprint density at radius 2 is 2.28 bits per heavy atom. The molecule has 18 heavy (non-hydrogen) atoms. The van der Waals surface area contributed by atoms with Crippen LogP contribution in [-0.2, 0) is 0 Å². The first-order valence-electron chi connectivity index (χ1n) is 6.05. The fraction of sp³-hybridized carbons (Fsp3) is 0.500. The van der Waals surface area contributed by atoms with Crippen molar-refractivity contribution < 1.29 is 5.11 Å². The van der Waals surface area contributed by atoms with E-state index < -0.39 is 0 Å². The van der Waals surface area contributed by atoms with Gasteiger partial charge >= 0.3 is 0 Å². The van der Waals surface area contributed by atoms with Gasteiger partial charge in [0.1, 0.15) is 10.6 Å². The molecule has 2 rings (SSSR count). The summed E-state index contributed by atoms with van der Waals surface area (Å²) in [5.41, 5.74) is 5.71. The lowest BCUT2D eigenvalue weighted by Crippen LogP contribution is -2.24. The van der Waals surface area contributed by atoms with Crippen LogP contribution in [0.25, 0.3) is 10.2 Å². The van der Waals surface area contributed by atoms with Gasteiger partial charge in [0.2, 0.25) is 5.95 Å². The minimum absolute atomic E-state index is 0.00714. The molecule has 2 heterocycles. The highest BCUT2D eigenvalue weighted by Crippen LogP contribution is 2.29. The molecule has 0 aromatic carbocycles. The van der Waals surface area contributed by atoms with E-state index in [1.807, 2.05) is 13.0 Å². The van der Waals surface area contributed by atoms with Crippen molar-refractivity contribution in [3.63, 3.8) is 0 Å². The summed E-state index contributed by atoms with van der Waals surface area (Å²) < 4.78 is 0. The number of nitrogens with two attached hydrogens (primary N) is 1. The molecule has 98 valence electrons. The molecule has 0 radical (unpaired) electrons. The first-order valence-corrected chi connectivity index (χ1v) is 6.86. The largest absolute Gasteiger partial charge is 0.394 e. The lowest BCUT2D eigenvalue weighted by atomic mass is 10.2. The molecule has 0 unspecified atom stereocenters. The Bertz CT molecular complexity index is 540. The van der Waals surface area contributed by atoms with Gasteiger partial charge in [0, 0.05) is 4.88 Å². The molecule has 0 saturated carbocycles. The minimum atomic E-state index is 0.00714. The molecular weight excluding hydrogens is 248 g/mol. The van der Waals surface area contributed by atoms with Crippen LogP contribution in [0, 0.1) is 6.92 Å². The highest BCUT2D eigenvalue weighted by atomic mass is 32.1. The second-order valence-corrected chi connectivity index (χ2v) is 5.55. The van der Waals surface area contributed by atoms with Crippen LogP contribution in [-0.4, -0.2) is 27.7 Å². The van der Waals surface area contributed by atoms with Crippen molar-refractivity contribution in [1.82, 2.24) is 9.97 Å². The van der Waals surface area contributed by atoms with E-state index in [9.17, 15) is 5.11 Å². The smallest absolute Gasteiger partial charge is 0.223 e. The van der Waals surface area contributed by atoms with Crippen LogP contribution in [0.3, 0.4) is 0 Å². The standard InChI is InChI=1S/C12H18N4OS/c1-3-4-8(6-17)14-10-9-5-7(2)18-11(9)16-12(13)15-10/h5,8,17H,3-4,6H2,1-2H3,(H3,13,14,15,16)/t8-/m1/s1. The van der Waals surface area contributed by atoms with E-state index in [0.717, 1.165) is 23.1 Å². The molecule has 0 aliphatic carbocycles. The normalized spacial score (nSPS) is 12.8. The number of thiophene rings is 1. The van der Waals surface area contributed by atoms with E-state index in [0.29, 0.717) is 5.82 Å².